The quantitative estimate of drug-likeness (QED) is 0.256. The Morgan fingerprint density at radius 2 is 1.82 bits per heavy atom. The maximum atomic E-state index is 13.6. The van der Waals surface area contributed by atoms with Gasteiger partial charge in [-0.05, 0) is 62.2 Å². The molecule has 5 rings (SSSR count). The monoisotopic (exact) mass is 598 g/mol. The summed E-state index contributed by atoms with van der Waals surface area (Å²) in [6.07, 6.45) is 3.07. The van der Waals surface area contributed by atoms with Gasteiger partial charge in [-0.15, -0.1) is 0 Å². The zero-order chi connectivity index (χ0) is 28.3. The lowest BCUT2D eigenvalue weighted by molar-refractivity contribution is -0.116. The van der Waals surface area contributed by atoms with Crippen LogP contribution >= 0.6 is 23.2 Å². The van der Waals surface area contributed by atoms with Crippen molar-refractivity contribution in [1.82, 2.24) is 13.9 Å². The van der Waals surface area contributed by atoms with E-state index in [1.165, 1.54) is 4.31 Å². The van der Waals surface area contributed by atoms with Crippen LogP contribution in [0, 0.1) is 6.92 Å². The molecule has 8 nitrogen and oxygen atoms in total. The average Bonchev–Trinajstić information content (AvgIpc) is 3.59. The van der Waals surface area contributed by atoms with Gasteiger partial charge in [0.25, 0.3) is 0 Å². The Kier molecular flexibility index (Phi) is 8.58. The van der Waals surface area contributed by atoms with Crippen LogP contribution in [-0.4, -0.2) is 54.0 Å². The molecule has 11 heteroatoms. The molecule has 4 aromatic rings. The van der Waals surface area contributed by atoms with Gasteiger partial charge in [-0.1, -0.05) is 59.1 Å². The molecule has 0 saturated carbocycles. The Balaban J connectivity index is 1.45. The van der Waals surface area contributed by atoms with Gasteiger partial charge in [0.2, 0.25) is 21.9 Å². The van der Waals surface area contributed by atoms with Gasteiger partial charge in [-0.25, -0.2) is 13.4 Å². The van der Waals surface area contributed by atoms with E-state index in [4.69, 9.17) is 27.9 Å². The second-order valence-corrected chi connectivity index (χ2v) is 12.4. The summed E-state index contributed by atoms with van der Waals surface area (Å²) in [6, 6.07) is 20.9. The molecule has 3 aromatic carbocycles. The van der Waals surface area contributed by atoms with Crippen LogP contribution in [0.25, 0.3) is 16.9 Å². The first-order valence-electron chi connectivity index (χ1n) is 12.8. The molecule has 0 spiro atoms. The van der Waals surface area contributed by atoms with Crippen molar-refractivity contribution < 1.29 is 17.9 Å². The van der Waals surface area contributed by atoms with Crippen LogP contribution in [0.2, 0.25) is 10.0 Å². The zero-order valence-corrected chi connectivity index (χ0v) is 24.1. The summed E-state index contributed by atoms with van der Waals surface area (Å²) >= 11 is 12.3. The first-order chi connectivity index (χ1) is 19.2. The number of rotatable bonds is 9. The molecule has 1 aliphatic rings. The van der Waals surface area contributed by atoms with Gasteiger partial charge in [0.15, 0.2) is 0 Å². The van der Waals surface area contributed by atoms with Crippen LogP contribution in [0.15, 0.2) is 83.9 Å². The molecule has 0 aliphatic carbocycles. The van der Waals surface area contributed by atoms with E-state index < -0.39 is 22.5 Å². The fourth-order valence-corrected chi connectivity index (χ4v) is 6.24. The molecule has 0 radical (unpaired) electrons. The van der Waals surface area contributed by atoms with Gasteiger partial charge in [-0.2, -0.15) is 4.31 Å². The molecule has 1 fully saturated rings. The van der Waals surface area contributed by atoms with Crippen molar-refractivity contribution in [3.8, 4) is 16.9 Å². The number of amides is 1. The van der Waals surface area contributed by atoms with Crippen molar-refractivity contribution in [1.29, 1.82) is 0 Å². The lowest BCUT2D eigenvalue weighted by Gasteiger charge is -2.24. The summed E-state index contributed by atoms with van der Waals surface area (Å²) in [6.45, 7) is 2.12. The van der Waals surface area contributed by atoms with E-state index in [0.29, 0.717) is 28.0 Å². The minimum absolute atomic E-state index is 0.0718. The normalized spacial score (nSPS) is 15.4. The van der Waals surface area contributed by atoms with E-state index in [2.05, 4.69) is 10.3 Å². The number of anilines is 1. The van der Waals surface area contributed by atoms with E-state index in [0.717, 1.165) is 24.0 Å². The molecule has 1 N–H and O–H groups in total. The number of imidazole rings is 1. The number of hydrogen-bond donors (Lipinski definition) is 1. The molecule has 40 heavy (non-hydrogen) atoms. The molecule has 1 atom stereocenters. The van der Waals surface area contributed by atoms with Crippen LogP contribution in [0.4, 0.5) is 5.95 Å². The first-order valence-corrected chi connectivity index (χ1v) is 15.0. The Bertz CT molecular complexity index is 1600. The summed E-state index contributed by atoms with van der Waals surface area (Å²) < 4.78 is 35.8. The Hall–Kier alpha value is -3.21. The van der Waals surface area contributed by atoms with E-state index in [-0.39, 0.29) is 23.5 Å². The van der Waals surface area contributed by atoms with Gasteiger partial charge in [-0.3, -0.25) is 14.7 Å². The van der Waals surface area contributed by atoms with Crippen molar-refractivity contribution in [2.45, 2.75) is 30.8 Å². The van der Waals surface area contributed by atoms with Crippen LogP contribution in [0.5, 0.6) is 0 Å². The number of nitrogens with one attached hydrogen (secondary N) is 1. The molecule has 0 bridgehead atoms. The highest BCUT2D eigenvalue weighted by atomic mass is 35.5. The van der Waals surface area contributed by atoms with E-state index in [9.17, 15) is 13.2 Å². The van der Waals surface area contributed by atoms with Gasteiger partial charge in [0.05, 0.1) is 23.2 Å². The van der Waals surface area contributed by atoms with Crippen molar-refractivity contribution >= 4 is 45.1 Å². The summed E-state index contributed by atoms with van der Waals surface area (Å²) in [5.41, 5.74) is 3.00. The summed E-state index contributed by atoms with van der Waals surface area (Å²) in [4.78, 5) is 18.2. The molecule has 208 valence electrons. The van der Waals surface area contributed by atoms with E-state index in [1.54, 1.807) is 65.4 Å². The lowest BCUT2D eigenvalue weighted by Crippen LogP contribution is -2.42. The standard InChI is InChI=1S/C29H28Cl2N4O4S/c1-20-7-13-26(14-8-20)40(37,38)34(17-25-6-3-15-39-25)19-28(36)33-29-32-27(21-9-11-22(30)12-10-21)18-35(29)24-5-2-4-23(31)16-24/h2,4-5,7-14,16,18,25H,3,6,15,17,19H2,1H3,(H,32,33,36)/t25-/m1/s1. The predicted octanol–water partition coefficient (Wildman–Crippen LogP) is 5.96. The smallest absolute Gasteiger partial charge is 0.243 e. The number of aryl methyl sites for hydroxylation is 1. The number of halogens is 2. The number of hydrogen-bond acceptors (Lipinski definition) is 5. The van der Waals surface area contributed by atoms with Crippen LogP contribution < -0.4 is 5.32 Å². The number of aromatic nitrogens is 2. The first kappa shape index (κ1) is 28.3. The highest BCUT2D eigenvalue weighted by molar-refractivity contribution is 7.89. The van der Waals surface area contributed by atoms with Gasteiger partial charge >= 0.3 is 0 Å². The molecule has 1 amide bonds. The topological polar surface area (TPSA) is 93.5 Å². The Morgan fingerprint density at radius 1 is 1.07 bits per heavy atom. The van der Waals surface area contributed by atoms with Crippen LogP contribution in [-0.2, 0) is 19.6 Å². The van der Waals surface area contributed by atoms with Crippen LogP contribution in [0.3, 0.4) is 0 Å². The third-order valence-corrected chi connectivity index (χ3v) is 8.91. The molecule has 1 aliphatic heterocycles. The SMILES string of the molecule is Cc1ccc(S(=O)(=O)N(CC(=O)Nc2nc(-c3ccc(Cl)cc3)cn2-c2cccc(Cl)c2)C[C@H]2CCCO2)cc1. The summed E-state index contributed by atoms with van der Waals surface area (Å²) in [5, 5.41) is 3.92. The van der Waals surface area contributed by atoms with Crippen molar-refractivity contribution in [2.75, 3.05) is 25.0 Å². The highest BCUT2D eigenvalue weighted by Crippen LogP contribution is 2.27. The molecule has 1 aromatic heterocycles. The highest BCUT2D eigenvalue weighted by Gasteiger charge is 2.31. The minimum atomic E-state index is -3.97. The maximum Gasteiger partial charge on any atom is 0.243 e. The summed E-state index contributed by atoms with van der Waals surface area (Å²) in [5.74, 6) is -0.313. The fraction of sp³-hybridized carbons (Fsp3) is 0.241. The number of nitrogens with zero attached hydrogens (tertiary/aromatic N) is 3. The van der Waals surface area contributed by atoms with Crippen molar-refractivity contribution in [3.63, 3.8) is 0 Å². The van der Waals surface area contributed by atoms with Gasteiger partial charge < -0.3 is 4.74 Å². The average molecular weight is 600 g/mol. The number of sulfonamides is 1. The third kappa shape index (κ3) is 6.56. The van der Waals surface area contributed by atoms with Crippen molar-refractivity contribution in [3.05, 3.63) is 94.6 Å². The second-order valence-electron chi connectivity index (χ2n) is 9.60. The molecular formula is C29H28Cl2N4O4S. The minimum Gasteiger partial charge on any atom is -0.377 e. The zero-order valence-electron chi connectivity index (χ0n) is 21.8. The Labute approximate surface area is 243 Å². The number of carbonyl (C=O) groups is 1. The molecular weight excluding hydrogens is 571 g/mol. The molecule has 1 saturated heterocycles. The third-order valence-electron chi connectivity index (χ3n) is 6.59. The number of ether oxygens (including phenoxy) is 1. The van der Waals surface area contributed by atoms with Gasteiger partial charge in [0, 0.05) is 40.6 Å². The molecule has 2 heterocycles. The number of benzene rings is 3. The summed E-state index contributed by atoms with van der Waals surface area (Å²) in [7, 11) is -3.97. The lowest BCUT2D eigenvalue weighted by atomic mass is 10.2. The Morgan fingerprint density at radius 3 is 2.50 bits per heavy atom. The fourth-order valence-electron chi connectivity index (χ4n) is 4.50. The van der Waals surface area contributed by atoms with Crippen LogP contribution in [0.1, 0.15) is 18.4 Å². The van der Waals surface area contributed by atoms with E-state index in [1.807, 2.05) is 25.1 Å². The second kappa shape index (κ2) is 12.1. The predicted molar refractivity (Wildman–Crippen MR) is 157 cm³/mol. The van der Waals surface area contributed by atoms with Gasteiger partial charge in [0.1, 0.15) is 0 Å². The number of carbonyl (C=O) groups excluding carboxylic acids is 1. The molecule has 0 unspecified atom stereocenters. The van der Waals surface area contributed by atoms with Crippen molar-refractivity contribution in [2.24, 2.45) is 0 Å². The maximum absolute atomic E-state index is 13.6. The largest absolute Gasteiger partial charge is 0.377 e. The van der Waals surface area contributed by atoms with E-state index >= 15 is 0 Å².